The first-order valence-corrected chi connectivity index (χ1v) is 13.3. The summed E-state index contributed by atoms with van der Waals surface area (Å²) in [7, 11) is -1.91. The van der Waals surface area contributed by atoms with Crippen molar-refractivity contribution in [2.45, 2.75) is 70.7 Å². The molecule has 28 heavy (non-hydrogen) atoms. The monoisotopic (exact) mass is 394 g/mol. The van der Waals surface area contributed by atoms with Crippen molar-refractivity contribution in [2.24, 2.45) is 5.92 Å². The number of carbonyl (C=O) groups is 2. The summed E-state index contributed by atoms with van der Waals surface area (Å²) in [5.74, 6) is 0.124. The Morgan fingerprint density at radius 1 is 1.00 bits per heavy atom. The molecule has 1 fully saturated rings. The first-order chi connectivity index (χ1) is 13.1. The van der Waals surface area contributed by atoms with Crippen molar-refractivity contribution >= 4 is 19.9 Å². The van der Waals surface area contributed by atoms with Crippen molar-refractivity contribution in [2.75, 3.05) is 0 Å². The van der Waals surface area contributed by atoms with Crippen LogP contribution >= 0.6 is 0 Å². The van der Waals surface area contributed by atoms with Gasteiger partial charge in [-0.1, -0.05) is 51.1 Å². The molecule has 4 rings (SSSR count). The average molecular weight is 395 g/mol. The van der Waals surface area contributed by atoms with E-state index in [2.05, 4.69) is 39.9 Å². The number of hydrogen-bond acceptors (Lipinski definition) is 3. The maximum absolute atomic E-state index is 13.3. The van der Waals surface area contributed by atoms with Crippen LogP contribution in [0.3, 0.4) is 0 Å². The van der Waals surface area contributed by atoms with Crippen LogP contribution in [0.1, 0.15) is 67.2 Å². The van der Waals surface area contributed by atoms with Crippen molar-refractivity contribution in [1.82, 2.24) is 0 Å². The van der Waals surface area contributed by atoms with Crippen LogP contribution in [0.15, 0.2) is 47.1 Å². The molecule has 0 saturated heterocycles. The molecule has 3 aliphatic rings. The summed E-state index contributed by atoms with van der Waals surface area (Å²) < 4.78 is 6.78. The summed E-state index contributed by atoms with van der Waals surface area (Å²) in [5.41, 5.74) is 3.85. The predicted octanol–water partition coefficient (Wildman–Crippen LogP) is 5.88. The van der Waals surface area contributed by atoms with Gasteiger partial charge in [0.1, 0.15) is 0 Å². The standard InChI is InChI=1S/C24H30O3Si/c1-24(2,3)28(4,5)27-20-12-8-11-16-15(20)13-14-19-21(16)23(26)18-10-7-6-9-17(18)22(19)25/h6-7,9-10,13,16,20H,8,11-12,14H2,1-5H3/t16-,20-/m0/s1. The van der Waals surface area contributed by atoms with Gasteiger partial charge in [-0.25, -0.2) is 0 Å². The second-order valence-electron chi connectivity index (χ2n) is 9.85. The van der Waals surface area contributed by atoms with Crippen LogP contribution in [-0.4, -0.2) is 26.0 Å². The van der Waals surface area contributed by atoms with E-state index in [-0.39, 0.29) is 28.6 Å². The molecule has 0 spiro atoms. The Hall–Kier alpha value is -1.78. The van der Waals surface area contributed by atoms with E-state index in [1.54, 1.807) is 12.1 Å². The van der Waals surface area contributed by atoms with Gasteiger partial charge in [-0.2, -0.15) is 0 Å². The van der Waals surface area contributed by atoms with Crippen molar-refractivity contribution < 1.29 is 14.0 Å². The fourth-order valence-corrected chi connectivity index (χ4v) is 5.87. The highest BCUT2D eigenvalue weighted by atomic mass is 28.4. The lowest BCUT2D eigenvalue weighted by molar-refractivity contribution is 0.0953. The van der Waals surface area contributed by atoms with E-state index in [1.807, 2.05) is 12.1 Å². The summed E-state index contributed by atoms with van der Waals surface area (Å²) in [6, 6.07) is 7.26. The molecule has 1 aromatic rings. The molecule has 1 saturated carbocycles. The van der Waals surface area contributed by atoms with Gasteiger partial charge in [0.05, 0.1) is 6.10 Å². The largest absolute Gasteiger partial charge is 0.410 e. The van der Waals surface area contributed by atoms with Crippen LogP contribution in [0.4, 0.5) is 0 Å². The van der Waals surface area contributed by atoms with Gasteiger partial charge in [0, 0.05) is 28.2 Å². The molecule has 0 unspecified atom stereocenters. The maximum atomic E-state index is 13.3. The highest BCUT2D eigenvalue weighted by molar-refractivity contribution is 6.74. The molecule has 3 aliphatic carbocycles. The number of hydrogen-bond donors (Lipinski definition) is 0. The Morgan fingerprint density at radius 3 is 2.29 bits per heavy atom. The summed E-state index contributed by atoms with van der Waals surface area (Å²) in [5, 5.41) is 0.148. The summed E-state index contributed by atoms with van der Waals surface area (Å²) in [6.45, 7) is 11.4. The molecular formula is C24H30O3Si. The zero-order chi connectivity index (χ0) is 20.3. The third-order valence-corrected chi connectivity index (χ3v) is 11.6. The minimum absolute atomic E-state index is 0.0351. The minimum Gasteiger partial charge on any atom is -0.410 e. The predicted molar refractivity (Wildman–Crippen MR) is 114 cm³/mol. The molecule has 4 heteroatoms. The highest BCUT2D eigenvalue weighted by Crippen LogP contribution is 2.47. The van der Waals surface area contributed by atoms with Crippen LogP contribution < -0.4 is 0 Å². The Balaban J connectivity index is 1.69. The van der Waals surface area contributed by atoms with E-state index >= 15 is 0 Å². The van der Waals surface area contributed by atoms with Gasteiger partial charge in [0.15, 0.2) is 19.9 Å². The van der Waals surface area contributed by atoms with Crippen LogP contribution in [0.25, 0.3) is 0 Å². The summed E-state index contributed by atoms with van der Waals surface area (Å²) in [6.07, 6.45) is 5.80. The zero-order valence-corrected chi connectivity index (χ0v) is 18.6. The fraction of sp³-hybridized carbons (Fsp3) is 0.500. The third kappa shape index (κ3) is 2.98. The number of ketones is 2. The summed E-state index contributed by atoms with van der Waals surface area (Å²) in [4.78, 5) is 26.4. The van der Waals surface area contributed by atoms with Crippen LogP contribution in [0, 0.1) is 5.92 Å². The van der Waals surface area contributed by atoms with E-state index < -0.39 is 8.32 Å². The van der Waals surface area contributed by atoms with Crippen molar-refractivity contribution in [1.29, 1.82) is 0 Å². The first kappa shape index (κ1) is 19.5. The van der Waals surface area contributed by atoms with Gasteiger partial charge >= 0.3 is 0 Å². The highest BCUT2D eigenvalue weighted by Gasteiger charge is 2.45. The first-order valence-electron chi connectivity index (χ1n) is 10.4. The maximum Gasteiger partial charge on any atom is 0.192 e. The smallest absolute Gasteiger partial charge is 0.192 e. The molecule has 148 valence electrons. The molecule has 3 nitrogen and oxygen atoms in total. The van der Waals surface area contributed by atoms with Crippen molar-refractivity contribution in [3.63, 3.8) is 0 Å². The van der Waals surface area contributed by atoms with Gasteiger partial charge < -0.3 is 4.43 Å². The normalized spacial score (nSPS) is 25.1. The topological polar surface area (TPSA) is 43.4 Å². The van der Waals surface area contributed by atoms with Crippen LogP contribution in [0.5, 0.6) is 0 Å². The number of Topliss-reactive ketones (excluding diaryl/α,β-unsaturated/α-hetero) is 2. The Bertz CT molecular complexity index is 914. The van der Waals surface area contributed by atoms with Crippen LogP contribution in [-0.2, 0) is 4.43 Å². The van der Waals surface area contributed by atoms with E-state index in [9.17, 15) is 9.59 Å². The fourth-order valence-electron chi connectivity index (χ4n) is 4.55. The van der Waals surface area contributed by atoms with Crippen molar-refractivity contribution in [3.05, 3.63) is 58.2 Å². The van der Waals surface area contributed by atoms with Crippen molar-refractivity contribution in [3.8, 4) is 0 Å². The molecule has 0 aromatic heterocycles. The van der Waals surface area contributed by atoms with Crippen LogP contribution in [0.2, 0.25) is 18.1 Å². The van der Waals surface area contributed by atoms with E-state index in [4.69, 9.17) is 4.43 Å². The number of carbonyl (C=O) groups excluding carboxylic acids is 2. The molecule has 1 aromatic carbocycles. The molecular weight excluding hydrogens is 364 g/mol. The third-order valence-electron chi connectivity index (χ3n) is 7.13. The quantitative estimate of drug-likeness (QED) is 0.464. The molecule has 0 radical (unpaired) electrons. The Labute approximate surface area is 169 Å². The molecule has 0 bridgehead atoms. The van der Waals surface area contributed by atoms with Gasteiger partial charge in [-0.3, -0.25) is 9.59 Å². The Kier molecular flexibility index (Phi) is 4.63. The SMILES string of the molecule is CC(C)(C)[Si](C)(C)O[C@H]1CCC[C@H]2C1=CCC1=C2C(=O)c2ccccc2C1=O. The average Bonchev–Trinajstić information content (AvgIpc) is 2.64. The summed E-state index contributed by atoms with van der Waals surface area (Å²) >= 11 is 0. The second-order valence-corrected chi connectivity index (χ2v) is 14.6. The number of benzene rings is 1. The van der Waals surface area contributed by atoms with E-state index in [1.165, 1.54) is 5.57 Å². The zero-order valence-electron chi connectivity index (χ0n) is 17.6. The molecule has 0 N–H and O–H groups in total. The lowest BCUT2D eigenvalue weighted by Crippen LogP contribution is -2.46. The molecule has 0 heterocycles. The van der Waals surface area contributed by atoms with E-state index in [0.29, 0.717) is 23.1 Å². The van der Waals surface area contributed by atoms with Gasteiger partial charge in [-0.15, -0.1) is 0 Å². The van der Waals surface area contributed by atoms with Gasteiger partial charge in [-0.05, 0) is 49.4 Å². The Morgan fingerprint density at radius 2 is 1.64 bits per heavy atom. The minimum atomic E-state index is -1.91. The van der Waals surface area contributed by atoms with E-state index in [0.717, 1.165) is 24.8 Å². The molecule has 2 atom stereocenters. The number of allylic oxidation sites excluding steroid dienone is 3. The number of rotatable bonds is 2. The second kappa shape index (κ2) is 6.63. The molecule has 0 amide bonds. The van der Waals surface area contributed by atoms with Gasteiger partial charge in [0.25, 0.3) is 0 Å². The van der Waals surface area contributed by atoms with Gasteiger partial charge in [0.2, 0.25) is 0 Å². The molecule has 0 aliphatic heterocycles. The lowest BCUT2D eigenvalue weighted by atomic mass is 9.67. The number of fused-ring (bicyclic) bond motifs is 3. The lowest BCUT2D eigenvalue weighted by Gasteiger charge is -2.44.